The molecule has 0 atom stereocenters. The minimum absolute atomic E-state index is 0.102. The fraction of sp³-hybridized carbons (Fsp3) is 0.290. The van der Waals surface area contributed by atoms with Crippen LogP contribution in [0.1, 0.15) is 34.6 Å². The molecule has 0 unspecified atom stereocenters. The summed E-state index contributed by atoms with van der Waals surface area (Å²) in [5.41, 5.74) is 6.35. The van der Waals surface area contributed by atoms with Gasteiger partial charge in [-0.05, 0) is 73.4 Å². The number of hydrogen-bond donors (Lipinski definition) is 1. The van der Waals surface area contributed by atoms with Crippen LogP contribution in [0.15, 0.2) is 71.1 Å². The lowest BCUT2D eigenvalue weighted by Gasteiger charge is -2.33. The highest BCUT2D eigenvalue weighted by Crippen LogP contribution is 2.34. The van der Waals surface area contributed by atoms with Gasteiger partial charge in [-0.1, -0.05) is 24.3 Å². The van der Waals surface area contributed by atoms with Crippen LogP contribution < -0.4 is 14.4 Å². The molecule has 0 saturated carbocycles. The van der Waals surface area contributed by atoms with Crippen LogP contribution in [0.25, 0.3) is 11.5 Å². The highest BCUT2D eigenvalue weighted by molar-refractivity contribution is 5.67. The van der Waals surface area contributed by atoms with Crippen LogP contribution >= 0.6 is 0 Å². The number of carboxylic acid groups (broad SMARTS) is 1. The fourth-order valence-corrected chi connectivity index (χ4v) is 4.95. The van der Waals surface area contributed by atoms with Crippen LogP contribution in [0.5, 0.6) is 11.5 Å². The van der Waals surface area contributed by atoms with Crippen LogP contribution in [0, 0.1) is 6.92 Å². The Labute approximate surface area is 222 Å². The molecule has 7 nitrogen and oxygen atoms in total. The number of hydrogen-bond acceptors (Lipinski definition) is 6. The first kappa shape index (κ1) is 25.4. The van der Waals surface area contributed by atoms with Crippen LogP contribution in [-0.2, 0) is 30.6 Å². The minimum atomic E-state index is -0.792. The van der Waals surface area contributed by atoms with Crippen LogP contribution in [0.4, 0.5) is 5.69 Å². The first-order valence-electron chi connectivity index (χ1n) is 12.9. The van der Waals surface area contributed by atoms with E-state index in [1.54, 1.807) is 7.11 Å². The van der Waals surface area contributed by atoms with Gasteiger partial charge in [0.2, 0.25) is 5.89 Å². The molecular weight excluding hydrogens is 480 g/mol. The maximum Gasteiger partial charge on any atom is 0.303 e. The van der Waals surface area contributed by atoms with E-state index in [9.17, 15) is 9.90 Å². The van der Waals surface area contributed by atoms with Gasteiger partial charge in [0, 0.05) is 42.7 Å². The summed E-state index contributed by atoms with van der Waals surface area (Å²) in [6.07, 6.45) is 2.05. The first-order valence-corrected chi connectivity index (χ1v) is 12.9. The number of aliphatic carboxylic acids is 1. The second kappa shape index (κ2) is 11.4. The number of aromatic nitrogens is 1. The molecule has 2 heterocycles. The molecule has 0 amide bonds. The number of carboxylic acids is 1. The van der Waals surface area contributed by atoms with Crippen molar-refractivity contribution in [3.63, 3.8) is 0 Å². The van der Waals surface area contributed by atoms with Crippen molar-refractivity contribution in [1.29, 1.82) is 0 Å². The number of nitrogens with zero attached hydrogens (tertiary/aromatic N) is 2. The molecule has 0 aliphatic carbocycles. The van der Waals surface area contributed by atoms with E-state index in [1.165, 1.54) is 5.56 Å². The number of methoxy groups -OCH3 is 1. The third-order valence-electron chi connectivity index (χ3n) is 7.02. The molecule has 1 aliphatic heterocycles. The zero-order chi connectivity index (χ0) is 26.5. The predicted molar refractivity (Wildman–Crippen MR) is 146 cm³/mol. The Hall–Kier alpha value is -4.26. The number of oxazole rings is 1. The quantitative estimate of drug-likeness (QED) is 0.285. The Morgan fingerprint density at radius 2 is 1.82 bits per heavy atom. The Morgan fingerprint density at radius 1 is 1.03 bits per heavy atom. The number of benzene rings is 3. The van der Waals surface area contributed by atoms with Gasteiger partial charge in [-0.2, -0.15) is 0 Å². The highest BCUT2D eigenvalue weighted by atomic mass is 16.5. The summed E-state index contributed by atoms with van der Waals surface area (Å²) in [4.78, 5) is 18.3. The van der Waals surface area contributed by atoms with Crippen LogP contribution in [0.2, 0.25) is 0 Å². The van der Waals surface area contributed by atoms with Crippen molar-refractivity contribution in [1.82, 2.24) is 4.98 Å². The predicted octanol–water partition coefficient (Wildman–Crippen LogP) is 5.86. The van der Waals surface area contributed by atoms with E-state index >= 15 is 0 Å². The van der Waals surface area contributed by atoms with Crippen LogP contribution in [0.3, 0.4) is 0 Å². The van der Waals surface area contributed by atoms with Gasteiger partial charge in [-0.3, -0.25) is 4.79 Å². The molecule has 4 aromatic rings. The van der Waals surface area contributed by atoms with Crippen molar-refractivity contribution in [2.75, 3.05) is 25.2 Å². The Bertz CT molecular complexity index is 1400. The summed E-state index contributed by atoms with van der Waals surface area (Å²) in [6.45, 7) is 3.96. The number of fused-ring (bicyclic) bond motifs is 1. The average molecular weight is 513 g/mol. The molecule has 7 heteroatoms. The average Bonchev–Trinajstić information content (AvgIpc) is 3.32. The van der Waals surface area contributed by atoms with E-state index in [1.807, 2.05) is 61.5 Å². The van der Waals surface area contributed by atoms with Gasteiger partial charge in [0.1, 0.15) is 17.3 Å². The fourth-order valence-electron chi connectivity index (χ4n) is 4.95. The monoisotopic (exact) mass is 512 g/mol. The summed E-state index contributed by atoms with van der Waals surface area (Å²) in [5, 5.41) is 9.27. The van der Waals surface area contributed by atoms with Gasteiger partial charge in [-0.25, -0.2) is 4.98 Å². The van der Waals surface area contributed by atoms with Gasteiger partial charge in [0.15, 0.2) is 0 Å². The minimum Gasteiger partial charge on any atom is -0.497 e. The summed E-state index contributed by atoms with van der Waals surface area (Å²) in [5.74, 6) is 2.31. The molecule has 38 heavy (non-hydrogen) atoms. The largest absolute Gasteiger partial charge is 0.497 e. The smallest absolute Gasteiger partial charge is 0.303 e. The van der Waals surface area contributed by atoms with E-state index in [0.29, 0.717) is 31.9 Å². The third kappa shape index (κ3) is 5.67. The lowest BCUT2D eigenvalue weighted by atomic mass is 9.91. The molecule has 0 radical (unpaired) electrons. The van der Waals surface area contributed by atoms with Gasteiger partial charge in [0.05, 0.1) is 19.4 Å². The lowest BCUT2D eigenvalue weighted by molar-refractivity contribution is -0.136. The van der Waals surface area contributed by atoms with Gasteiger partial charge in [-0.15, -0.1) is 0 Å². The van der Waals surface area contributed by atoms with Gasteiger partial charge < -0.3 is 23.9 Å². The van der Waals surface area contributed by atoms with E-state index < -0.39 is 5.97 Å². The van der Waals surface area contributed by atoms with E-state index in [-0.39, 0.29) is 6.42 Å². The lowest BCUT2D eigenvalue weighted by Crippen LogP contribution is -2.31. The number of anilines is 1. The second-order valence-corrected chi connectivity index (χ2v) is 9.43. The van der Waals surface area contributed by atoms with Crippen molar-refractivity contribution >= 4 is 11.7 Å². The highest BCUT2D eigenvalue weighted by Gasteiger charge is 2.23. The van der Waals surface area contributed by atoms with E-state index in [2.05, 4.69) is 17.0 Å². The standard InChI is InChI=1S/C31H32N2O5/c1-21-28(32-31(38-21)23-6-4-3-5-7-23)17-19-37-29-14-8-22(9-15-30(34)35)27-20-33(18-16-26(27)29)24-10-12-25(36-2)13-11-24/h3-8,10-14H,9,15-20H2,1-2H3,(H,34,35). The summed E-state index contributed by atoms with van der Waals surface area (Å²) < 4.78 is 17.5. The van der Waals surface area contributed by atoms with Gasteiger partial charge in [0.25, 0.3) is 0 Å². The zero-order valence-electron chi connectivity index (χ0n) is 21.8. The first-order chi connectivity index (χ1) is 18.5. The number of carbonyl (C=O) groups is 1. The molecule has 1 N–H and O–H groups in total. The molecule has 0 spiro atoms. The van der Waals surface area contributed by atoms with Crippen molar-refractivity contribution < 1.29 is 23.8 Å². The molecule has 3 aromatic carbocycles. The van der Waals surface area contributed by atoms with E-state index in [4.69, 9.17) is 18.9 Å². The Morgan fingerprint density at radius 3 is 2.55 bits per heavy atom. The van der Waals surface area contributed by atoms with Gasteiger partial charge >= 0.3 is 5.97 Å². The van der Waals surface area contributed by atoms with Crippen LogP contribution in [-0.4, -0.2) is 36.3 Å². The van der Waals surface area contributed by atoms with Crippen molar-refractivity contribution in [3.05, 3.63) is 94.9 Å². The Kier molecular flexibility index (Phi) is 7.63. The molecule has 5 rings (SSSR count). The molecule has 0 saturated heterocycles. The summed E-state index contributed by atoms with van der Waals surface area (Å²) in [7, 11) is 1.66. The SMILES string of the molecule is COc1ccc(N2CCc3c(OCCc4nc(-c5ccccc5)oc4C)ccc(CCC(=O)O)c3C2)cc1. The second-order valence-electron chi connectivity index (χ2n) is 9.43. The summed E-state index contributed by atoms with van der Waals surface area (Å²) >= 11 is 0. The van der Waals surface area contributed by atoms with Crippen molar-refractivity contribution in [3.8, 4) is 23.0 Å². The molecular formula is C31H32N2O5. The van der Waals surface area contributed by atoms with E-state index in [0.717, 1.165) is 58.3 Å². The number of ether oxygens (including phenoxy) is 2. The zero-order valence-corrected chi connectivity index (χ0v) is 21.8. The molecule has 1 aliphatic rings. The third-order valence-corrected chi connectivity index (χ3v) is 7.02. The molecule has 1 aromatic heterocycles. The number of rotatable bonds is 10. The molecule has 0 fully saturated rings. The summed E-state index contributed by atoms with van der Waals surface area (Å²) in [6, 6.07) is 21.9. The molecule has 196 valence electrons. The topological polar surface area (TPSA) is 85.0 Å². The normalized spacial score (nSPS) is 12.7. The van der Waals surface area contributed by atoms with Crippen molar-refractivity contribution in [2.45, 2.75) is 39.2 Å². The van der Waals surface area contributed by atoms with Crippen molar-refractivity contribution in [2.24, 2.45) is 0 Å². The maximum atomic E-state index is 11.3. The maximum absolute atomic E-state index is 11.3. The number of aryl methyl sites for hydroxylation is 2. The molecule has 0 bridgehead atoms. The Balaban J connectivity index is 1.32.